The lowest BCUT2D eigenvalue weighted by Crippen LogP contribution is -1.87. The second-order valence-electron chi connectivity index (χ2n) is 2.58. The number of nitrogens with zero attached hydrogens (tertiary/aromatic N) is 3. The molecule has 0 saturated heterocycles. The number of rotatable bonds is 2. The van der Waals surface area contributed by atoms with Crippen LogP contribution in [0.4, 0.5) is 5.69 Å². The lowest BCUT2D eigenvalue weighted by molar-refractivity contribution is 1.04. The maximum atomic E-state index is 5.52. The molecule has 2 heterocycles. The summed E-state index contributed by atoms with van der Waals surface area (Å²) in [6.07, 6.45) is 4.84. The van der Waals surface area contributed by atoms with Gasteiger partial charge in [-0.25, -0.2) is 15.0 Å². The number of nitrogen functional groups attached to an aromatic ring is 1. The second kappa shape index (κ2) is 4.06. The van der Waals surface area contributed by atoms with Crippen LogP contribution in [-0.2, 0) is 0 Å². The molecule has 2 aromatic rings. The SMILES string of the molecule is Nc1ccc(Sc2ccncn2)nc1. The van der Waals surface area contributed by atoms with Crippen LogP contribution in [0.1, 0.15) is 0 Å². The standard InChI is InChI=1S/C9H8N4S/c10-7-1-2-8(12-5-7)14-9-3-4-11-6-13-9/h1-6H,10H2. The fraction of sp³-hybridized carbons (Fsp3) is 0. The van der Waals surface area contributed by atoms with Crippen LogP contribution < -0.4 is 5.73 Å². The van der Waals surface area contributed by atoms with Gasteiger partial charge in [-0.3, -0.25) is 0 Å². The summed E-state index contributed by atoms with van der Waals surface area (Å²) in [7, 11) is 0. The van der Waals surface area contributed by atoms with Crippen LogP contribution in [0.15, 0.2) is 47.0 Å². The average Bonchev–Trinajstić information content (AvgIpc) is 2.23. The van der Waals surface area contributed by atoms with E-state index in [1.807, 2.05) is 18.2 Å². The zero-order valence-corrected chi connectivity index (χ0v) is 8.11. The topological polar surface area (TPSA) is 64.7 Å². The molecule has 0 atom stereocenters. The Morgan fingerprint density at radius 2 is 1.93 bits per heavy atom. The van der Waals surface area contributed by atoms with E-state index in [-0.39, 0.29) is 0 Å². The minimum absolute atomic E-state index is 0.664. The minimum atomic E-state index is 0.664. The van der Waals surface area contributed by atoms with Crippen molar-refractivity contribution in [1.82, 2.24) is 15.0 Å². The molecule has 0 spiro atoms. The van der Waals surface area contributed by atoms with Crippen LogP contribution in [0, 0.1) is 0 Å². The van der Waals surface area contributed by atoms with E-state index in [0.29, 0.717) is 5.69 Å². The molecule has 0 unspecified atom stereocenters. The average molecular weight is 204 g/mol. The number of anilines is 1. The molecule has 2 rings (SSSR count). The van der Waals surface area contributed by atoms with Gasteiger partial charge >= 0.3 is 0 Å². The highest BCUT2D eigenvalue weighted by Crippen LogP contribution is 2.23. The molecule has 0 amide bonds. The molecule has 2 N–H and O–H groups in total. The lowest BCUT2D eigenvalue weighted by atomic mass is 10.4. The molecule has 0 radical (unpaired) electrons. The highest BCUT2D eigenvalue weighted by Gasteiger charge is 1.98. The number of hydrogen-bond donors (Lipinski definition) is 1. The fourth-order valence-electron chi connectivity index (χ4n) is 0.898. The number of aromatic nitrogens is 3. The van der Waals surface area contributed by atoms with Crippen molar-refractivity contribution in [3.05, 3.63) is 36.9 Å². The predicted molar refractivity (Wildman–Crippen MR) is 54.8 cm³/mol. The summed E-state index contributed by atoms with van der Waals surface area (Å²) in [6, 6.07) is 5.52. The minimum Gasteiger partial charge on any atom is -0.397 e. The van der Waals surface area contributed by atoms with E-state index in [4.69, 9.17) is 5.73 Å². The van der Waals surface area contributed by atoms with Crippen molar-refractivity contribution in [3.63, 3.8) is 0 Å². The first-order valence-electron chi connectivity index (χ1n) is 4.00. The van der Waals surface area contributed by atoms with E-state index < -0.39 is 0 Å². The Balaban J connectivity index is 2.16. The third-order valence-electron chi connectivity index (χ3n) is 1.52. The van der Waals surface area contributed by atoms with Crippen molar-refractivity contribution >= 4 is 17.4 Å². The highest BCUT2D eigenvalue weighted by atomic mass is 32.2. The normalized spacial score (nSPS) is 10.0. The van der Waals surface area contributed by atoms with E-state index >= 15 is 0 Å². The smallest absolute Gasteiger partial charge is 0.116 e. The molecule has 0 saturated carbocycles. The van der Waals surface area contributed by atoms with Crippen molar-refractivity contribution in [2.24, 2.45) is 0 Å². The van der Waals surface area contributed by atoms with Crippen LogP contribution >= 0.6 is 11.8 Å². The molecule has 5 heteroatoms. The van der Waals surface area contributed by atoms with Crippen LogP contribution in [-0.4, -0.2) is 15.0 Å². The van der Waals surface area contributed by atoms with Crippen molar-refractivity contribution in [2.75, 3.05) is 5.73 Å². The summed E-state index contributed by atoms with van der Waals surface area (Å²) in [4.78, 5) is 12.1. The maximum absolute atomic E-state index is 5.52. The van der Waals surface area contributed by atoms with E-state index in [2.05, 4.69) is 15.0 Å². The largest absolute Gasteiger partial charge is 0.397 e. The third kappa shape index (κ3) is 2.20. The molecule has 0 bridgehead atoms. The Labute approximate surface area is 85.6 Å². The second-order valence-corrected chi connectivity index (χ2v) is 3.62. The summed E-state index contributed by atoms with van der Waals surface area (Å²) < 4.78 is 0. The summed E-state index contributed by atoms with van der Waals surface area (Å²) in [5.74, 6) is 0. The van der Waals surface area contributed by atoms with Crippen molar-refractivity contribution in [1.29, 1.82) is 0 Å². The van der Waals surface area contributed by atoms with Gasteiger partial charge in [-0.15, -0.1) is 0 Å². The van der Waals surface area contributed by atoms with E-state index in [0.717, 1.165) is 10.1 Å². The molecule has 70 valence electrons. The molecule has 14 heavy (non-hydrogen) atoms. The molecule has 0 aromatic carbocycles. The Morgan fingerprint density at radius 3 is 2.57 bits per heavy atom. The van der Waals surface area contributed by atoms with Crippen LogP contribution in [0.3, 0.4) is 0 Å². The molecule has 0 aliphatic rings. The third-order valence-corrected chi connectivity index (χ3v) is 2.42. The van der Waals surface area contributed by atoms with Crippen LogP contribution in [0.5, 0.6) is 0 Å². The van der Waals surface area contributed by atoms with Gasteiger partial charge in [-0.05, 0) is 30.0 Å². The highest BCUT2D eigenvalue weighted by molar-refractivity contribution is 7.99. The van der Waals surface area contributed by atoms with Gasteiger partial charge in [-0.2, -0.15) is 0 Å². The molecule has 0 aliphatic heterocycles. The maximum Gasteiger partial charge on any atom is 0.116 e. The Morgan fingerprint density at radius 1 is 1.07 bits per heavy atom. The van der Waals surface area contributed by atoms with Crippen molar-refractivity contribution < 1.29 is 0 Å². The molecule has 4 nitrogen and oxygen atoms in total. The van der Waals surface area contributed by atoms with Gasteiger partial charge in [0.15, 0.2) is 0 Å². The van der Waals surface area contributed by atoms with E-state index in [9.17, 15) is 0 Å². The van der Waals surface area contributed by atoms with Crippen LogP contribution in [0.2, 0.25) is 0 Å². The zero-order valence-electron chi connectivity index (χ0n) is 7.29. The summed E-state index contributed by atoms with van der Waals surface area (Å²) in [6.45, 7) is 0. The van der Waals surface area contributed by atoms with Crippen molar-refractivity contribution in [2.45, 2.75) is 10.1 Å². The first kappa shape index (κ1) is 8.96. The van der Waals surface area contributed by atoms with Gasteiger partial charge in [-0.1, -0.05) is 0 Å². The fourth-order valence-corrected chi connectivity index (χ4v) is 1.58. The van der Waals surface area contributed by atoms with Crippen LogP contribution in [0.25, 0.3) is 0 Å². The molecular weight excluding hydrogens is 196 g/mol. The Kier molecular flexibility index (Phi) is 2.60. The molecular formula is C9H8N4S. The molecule has 2 aromatic heterocycles. The quantitative estimate of drug-likeness (QED) is 0.753. The Bertz CT molecular complexity index is 401. The van der Waals surface area contributed by atoms with E-state index in [1.165, 1.54) is 18.1 Å². The van der Waals surface area contributed by atoms with Gasteiger partial charge < -0.3 is 5.73 Å². The predicted octanol–water partition coefficient (Wildman–Crippen LogP) is 1.60. The van der Waals surface area contributed by atoms with Gasteiger partial charge in [0.05, 0.1) is 11.9 Å². The van der Waals surface area contributed by atoms with Gasteiger partial charge in [0.1, 0.15) is 16.4 Å². The van der Waals surface area contributed by atoms with Gasteiger partial charge in [0.2, 0.25) is 0 Å². The zero-order chi connectivity index (χ0) is 9.80. The summed E-state index contributed by atoms with van der Waals surface area (Å²) in [5, 5.41) is 1.75. The monoisotopic (exact) mass is 204 g/mol. The lowest BCUT2D eigenvalue weighted by Gasteiger charge is -1.98. The van der Waals surface area contributed by atoms with Crippen molar-refractivity contribution in [3.8, 4) is 0 Å². The van der Waals surface area contributed by atoms with Gasteiger partial charge in [0, 0.05) is 6.20 Å². The first-order valence-corrected chi connectivity index (χ1v) is 4.81. The summed E-state index contributed by atoms with van der Waals surface area (Å²) >= 11 is 1.48. The Hall–Kier alpha value is -1.62. The number of nitrogens with two attached hydrogens (primary N) is 1. The molecule has 0 fully saturated rings. The number of pyridine rings is 1. The first-order chi connectivity index (χ1) is 6.84. The summed E-state index contributed by atoms with van der Waals surface area (Å²) in [5.41, 5.74) is 6.19. The number of hydrogen-bond acceptors (Lipinski definition) is 5. The van der Waals surface area contributed by atoms with Gasteiger partial charge in [0.25, 0.3) is 0 Å². The van der Waals surface area contributed by atoms with E-state index in [1.54, 1.807) is 12.4 Å². The molecule has 0 aliphatic carbocycles.